The first-order chi connectivity index (χ1) is 6.41. The second kappa shape index (κ2) is 5.03. The Balaban J connectivity index is 0.000000791. The molecule has 0 aromatic carbocycles. The van der Waals surface area contributed by atoms with Gasteiger partial charge in [0.25, 0.3) is 0 Å². The maximum Gasteiger partial charge on any atom is 0.433 e. The third-order valence-electron chi connectivity index (χ3n) is 1.37. The second-order valence-corrected chi connectivity index (χ2v) is 2.43. The van der Waals surface area contributed by atoms with Crippen LogP contribution in [-0.4, -0.2) is 12.8 Å². The van der Waals surface area contributed by atoms with Crippen LogP contribution in [0.1, 0.15) is 25.1 Å². The zero-order valence-corrected chi connectivity index (χ0v) is 8.31. The number of aromatic nitrogens is 1. The smallest absolute Gasteiger partial charge is 0.252 e. The lowest BCUT2D eigenvalue weighted by Gasteiger charge is -2.08. The lowest BCUT2D eigenvalue weighted by molar-refractivity contribution is -0.141. The Kier molecular flexibility index (Phi) is 4.67. The number of alkyl halides is 3. The number of hydrogen-bond donors (Lipinski definition) is 0. The molecular formula is C9H11BF3N. The van der Waals surface area contributed by atoms with E-state index in [4.69, 9.17) is 7.85 Å². The summed E-state index contributed by atoms with van der Waals surface area (Å²) in [5, 5.41) is 0. The third kappa shape index (κ3) is 3.40. The van der Waals surface area contributed by atoms with Gasteiger partial charge in [0.2, 0.25) is 0 Å². The van der Waals surface area contributed by atoms with Gasteiger partial charge in [-0.25, -0.2) is 0 Å². The summed E-state index contributed by atoms with van der Waals surface area (Å²) in [5.41, 5.74) is -0.597. The summed E-state index contributed by atoms with van der Waals surface area (Å²) in [4.78, 5) is 3.20. The van der Waals surface area contributed by atoms with Crippen LogP contribution in [0.5, 0.6) is 0 Å². The Morgan fingerprint density at radius 3 is 2.14 bits per heavy atom. The summed E-state index contributed by atoms with van der Waals surface area (Å²) < 4.78 is 36.2. The number of pyridine rings is 1. The topological polar surface area (TPSA) is 12.9 Å². The van der Waals surface area contributed by atoms with Gasteiger partial charge < -0.3 is 0 Å². The standard InChI is InChI=1S/C7H5BF3N.C2H6/c1-4-2-5(8)3-12-6(4)7(9,10)11;1-2/h2-3H,1H3;1-2H3. The van der Waals surface area contributed by atoms with E-state index in [-0.39, 0.29) is 11.0 Å². The van der Waals surface area contributed by atoms with E-state index in [2.05, 4.69) is 4.98 Å². The Labute approximate surface area is 82.8 Å². The molecule has 0 fully saturated rings. The Morgan fingerprint density at radius 1 is 1.29 bits per heavy atom. The van der Waals surface area contributed by atoms with Gasteiger partial charge in [0.15, 0.2) is 0 Å². The fraction of sp³-hybridized carbons (Fsp3) is 0.444. The molecule has 0 aliphatic carbocycles. The van der Waals surface area contributed by atoms with Gasteiger partial charge in [-0.05, 0) is 12.5 Å². The van der Waals surface area contributed by atoms with Crippen LogP contribution in [-0.2, 0) is 6.18 Å². The fourth-order valence-corrected chi connectivity index (χ4v) is 0.893. The minimum Gasteiger partial charge on any atom is -0.252 e. The van der Waals surface area contributed by atoms with Gasteiger partial charge in [-0.1, -0.05) is 25.4 Å². The van der Waals surface area contributed by atoms with Gasteiger partial charge in [0, 0.05) is 6.20 Å². The van der Waals surface area contributed by atoms with E-state index in [1.54, 1.807) is 0 Å². The SMILES string of the molecule is CC.[B]c1cnc(C(F)(F)F)c(C)c1. The molecule has 0 unspecified atom stereocenters. The van der Waals surface area contributed by atoms with Gasteiger partial charge in [0.05, 0.1) is 0 Å². The minimum atomic E-state index is -4.39. The number of aryl methyl sites for hydroxylation is 1. The first-order valence-corrected chi connectivity index (χ1v) is 4.20. The second-order valence-electron chi connectivity index (χ2n) is 2.43. The van der Waals surface area contributed by atoms with Crippen LogP contribution < -0.4 is 5.46 Å². The van der Waals surface area contributed by atoms with Gasteiger partial charge in [-0.2, -0.15) is 13.2 Å². The van der Waals surface area contributed by atoms with Gasteiger partial charge in [-0.15, -0.1) is 0 Å². The van der Waals surface area contributed by atoms with E-state index < -0.39 is 11.9 Å². The molecule has 2 radical (unpaired) electrons. The van der Waals surface area contributed by atoms with Crippen LogP contribution >= 0.6 is 0 Å². The van der Waals surface area contributed by atoms with Crippen LogP contribution in [0.25, 0.3) is 0 Å². The summed E-state index contributed by atoms with van der Waals surface area (Å²) in [6.07, 6.45) is -3.40. The van der Waals surface area contributed by atoms with Crippen molar-refractivity contribution < 1.29 is 13.2 Å². The predicted molar refractivity (Wildman–Crippen MR) is 50.7 cm³/mol. The zero-order valence-electron chi connectivity index (χ0n) is 8.31. The van der Waals surface area contributed by atoms with E-state index in [1.165, 1.54) is 13.0 Å². The molecule has 0 amide bonds. The fourth-order valence-electron chi connectivity index (χ4n) is 0.893. The van der Waals surface area contributed by atoms with Crippen LogP contribution in [0.15, 0.2) is 12.3 Å². The van der Waals surface area contributed by atoms with Crippen molar-refractivity contribution in [3.8, 4) is 0 Å². The molecule has 0 N–H and O–H groups in total. The summed E-state index contributed by atoms with van der Waals surface area (Å²) in [6, 6.07) is 1.25. The molecule has 1 heterocycles. The summed E-state index contributed by atoms with van der Waals surface area (Å²) in [6.45, 7) is 5.33. The number of nitrogens with zero attached hydrogens (tertiary/aromatic N) is 1. The van der Waals surface area contributed by atoms with Crippen molar-refractivity contribution in [3.63, 3.8) is 0 Å². The van der Waals surface area contributed by atoms with Crippen molar-refractivity contribution >= 4 is 13.3 Å². The lowest BCUT2D eigenvalue weighted by Crippen LogP contribution is -2.14. The molecule has 0 aliphatic heterocycles. The van der Waals surface area contributed by atoms with Gasteiger partial charge in [-0.3, -0.25) is 4.98 Å². The summed E-state index contributed by atoms with van der Waals surface area (Å²) in [7, 11) is 5.24. The van der Waals surface area contributed by atoms with Crippen molar-refractivity contribution in [2.24, 2.45) is 0 Å². The third-order valence-corrected chi connectivity index (χ3v) is 1.37. The van der Waals surface area contributed by atoms with Crippen LogP contribution in [0.4, 0.5) is 13.2 Å². The van der Waals surface area contributed by atoms with E-state index in [1.807, 2.05) is 13.8 Å². The molecule has 0 atom stereocenters. The molecule has 76 valence electrons. The molecule has 0 saturated carbocycles. The van der Waals surface area contributed by atoms with Crippen LogP contribution in [0, 0.1) is 6.92 Å². The molecule has 0 bridgehead atoms. The highest BCUT2D eigenvalue weighted by Crippen LogP contribution is 2.28. The Bertz CT molecular complexity index is 297. The normalized spacial score (nSPS) is 10.4. The number of hydrogen-bond acceptors (Lipinski definition) is 1. The zero-order chi connectivity index (χ0) is 11.4. The van der Waals surface area contributed by atoms with E-state index >= 15 is 0 Å². The number of halogens is 3. The molecular weight excluding hydrogens is 190 g/mol. The maximum absolute atomic E-state index is 12.1. The highest BCUT2D eigenvalue weighted by atomic mass is 19.4. The lowest BCUT2D eigenvalue weighted by atomic mass is 9.96. The number of rotatable bonds is 0. The molecule has 1 nitrogen and oxygen atoms in total. The maximum atomic E-state index is 12.1. The summed E-state index contributed by atoms with van der Waals surface area (Å²) in [5.74, 6) is 0. The predicted octanol–water partition coefficient (Wildman–Crippen LogP) is 2.23. The molecule has 1 aromatic heterocycles. The van der Waals surface area contributed by atoms with Crippen LogP contribution in [0.3, 0.4) is 0 Å². The van der Waals surface area contributed by atoms with Crippen molar-refractivity contribution in [2.45, 2.75) is 26.9 Å². The van der Waals surface area contributed by atoms with Crippen molar-refractivity contribution in [3.05, 3.63) is 23.5 Å². The van der Waals surface area contributed by atoms with E-state index in [9.17, 15) is 13.2 Å². The first-order valence-electron chi connectivity index (χ1n) is 4.20. The van der Waals surface area contributed by atoms with Crippen molar-refractivity contribution in [2.75, 3.05) is 0 Å². The van der Waals surface area contributed by atoms with Crippen molar-refractivity contribution in [1.82, 2.24) is 4.98 Å². The van der Waals surface area contributed by atoms with Crippen molar-refractivity contribution in [1.29, 1.82) is 0 Å². The quantitative estimate of drug-likeness (QED) is 0.586. The first kappa shape index (κ1) is 13.0. The highest BCUT2D eigenvalue weighted by Gasteiger charge is 2.33. The monoisotopic (exact) mass is 201 g/mol. The average molecular weight is 201 g/mol. The summed E-state index contributed by atoms with van der Waals surface area (Å²) >= 11 is 0. The van der Waals surface area contributed by atoms with E-state index in [0.29, 0.717) is 0 Å². The molecule has 1 rings (SSSR count). The average Bonchev–Trinajstić information content (AvgIpc) is 2.05. The van der Waals surface area contributed by atoms with E-state index in [0.717, 1.165) is 6.20 Å². The molecule has 5 heteroatoms. The molecule has 14 heavy (non-hydrogen) atoms. The highest BCUT2D eigenvalue weighted by molar-refractivity contribution is 6.32. The molecule has 1 aromatic rings. The Morgan fingerprint density at radius 2 is 1.79 bits per heavy atom. The molecule has 0 saturated heterocycles. The van der Waals surface area contributed by atoms with Crippen LogP contribution in [0.2, 0.25) is 0 Å². The molecule has 0 aliphatic rings. The molecule has 0 spiro atoms. The van der Waals surface area contributed by atoms with Gasteiger partial charge >= 0.3 is 6.18 Å². The largest absolute Gasteiger partial charge is 0.433 e. The minimum absolute atomic E-state index is 0.0440. The van der Waals surface area contributed by atoms with Gasteiger partial charge in [0.1, 0.15) is 13.5 Å². The Hall–Kier alpha value is -0.995.